The van der Waals surface area contributed by atoms with Crippen LogP contribution in [0.25, 0.3) is 0 Å². The first kappa shape index (κ1) is 15.2. The minimum Gasteiger partial charge on any atom is -0.381 e. The fourth-order valence-electron chi connectivity index (χ4n) is 1.72. The summed E-state index contributed by atoms with van der Waals surface area (Å²) in [5.41, 5.74) is 0.0219. The van der Waals surface area contributed by atoms with E-state index in [1.807, 2.05) is 0 Å². The van der Waals surface area contributed by atoms with E-state index in [4.69, 9.17) is 11.6 Å². The Balaban J connectivity index is 2.68. The molecule has 1 N–H and O–H groups in total. The lowest BCUT2D eigenvalue weighted by Crippen LogP contribution is -2.23. The molecule has 0 aliphatic rings. The van der Waals surface area contributed by atoms with Crippen LogP contribution in [0.5, 0.6) is 0 Å². The highest BCUT2D eigenvalue weighted by molar-refractivity contribution is 6.18. The topological polar surface area (TPSA) is 12.0 Å². The summed E-state index contributed by atoms with van der Waals surface area (Å²) in [6, 6.07) is 5.08. The van der Waals surface area contributed by atoms with Crippen molar-refractivity contribution in [3.63, 3.8) is 0 Å². The molecule has 102 valence electrons. The van der Waals surface area contributed by atoms with Crippen LogP contribution in [-0.2, 0) is 6.18 Å². The second-order valence-corrected chi connectivity index (χ2v) is 5.01. The highest BCUT2D eigenvalue weighted by Crippen LogP contribution is 2.30. The van der Waals surface area contributed by atoms with E-state index in [0.717, 1.165) is 18.6 Å². The number of anilines is 1. The van der Waals surface area contributed by atoms with Crippen LogP contribution in [0.2, 0.25) is 0 Å². The van der Waals surface area contributed by atoms with E-state index >= 15 is 0 Å². The average molecular weight is 280 g/mol. The molecule has 5 heteroatoms. The Kier molecular flexibility index (Phi) is 5.32. The molecule has 1 unspecified atom stereocenters. The number of alkyl halides is 4. The van der Waals surface area contributed by atoms with Gasteiger partial charge < -0.3 is 5.32 Å². The number of benzene rings is 1. The first-order chi connectivity index (χ1) is 8.32. The molecule has 18 heavy (non-hydrogen) atoms. The van der Waals surface area contributed by atoms with Gasteiger partial charge in [0.15, 0.2) is 0 Å². The van der Waals surface area contributed by atoms with Gasteiger partial charge in [0.25, 0.3) is 0 Å². The average Bonchev–Trinajstić information content (AvgIpc) is 2.27. The summed E-state index contributed by atoms with van der Waals surface area (Å²) in [6.45, 7) is 4.15. The van der Waals surface area contributed by atoms with Crippen molar-refractivity contribution in [1.29, 1.82) is 0 Å². The molecule has 0 aromatic heterocycles. The minimum atomic E-state index is -4.29. The highest BCUT2D eigenvalue weighted by atomic mass is 35.5. The van der Waals surface area contributed by atoms with Gasteiger partial charge in [-0.15, -0.1) is 11.6 Å². The van der Waals surface area contributed by atoms with Crippen LogP contribution in [0, 0.1) is 5.92 Å². The van der Waals surface area contributed by atoms with Crippen molar-refractivity contribution in [2.24, 2.45) is 5.92 Å². The maximum Gasteiger partial charge on any atom is 0.416 e. The van der Waals surface area contributed by atoms with Crippen LogP contribution >= 0.6 is 11.6 Å². The summed E-state index contributed by atoms with van der Waals surface area (Å²) in [4.78, 5) is 0. The van der Waals surface area contributed by atoms with E-state index in [-0.39, 0.29) is 6.04 Å². The lowest BCUT2D eigenvalue weighted by atomic mass is 10.0. The standard InChI is InChI=1S/C13H17ClF3N/c1-9(2)7-12(8-14)18-11-5-3-10(4-6-11)13(15,16)17/h3-6,9,12,18H,7-8H2,1-2H3. The van der Waals surface area contributed by atoms with Crippen molar-refractivity contribution in [3.8, 4) is 0 Å². The quantitative estimate of drug-likeness (QED) is 0.766. The molecule has 0 spiro atoms. The first-order valence-corrected chi connectivity index (χ1v) is 6.36. The molecule has 0 fully saturated rings. The molecule has 1 atom stereocenters. The normalized spacial score (nSPS) is 13.7. The molecular formula is C13H17ClF3N. The molecule has 0 amide bonds. The summed E-state index contributed by atoms with van der Waals surface area (Å²) in [5.74, 6) is 0.912. The summed E-state index contributed by atoms with van der Waals surface area (Å²) < 4.78 is 37.1. The van der Waals surface area contributed by atoms with Crippen LogP contribution in [0.3, 0.4) is 0 Å². The van der Waals surface area contributed by atoms with Crippen LogP contribution in [0.15, 0.2) is 24.3 Å². The maximum absolute atomic E-state index is 12.4. The number of hydrogen-bond donors (Lipinski definition) is 1. The van der Waals surface area contributed by atoms with E-state index in [1.54, 1.807) is 0 Å². The maximum atomic E-state index is 12.4. The zero-order chi connectivity index (χ0) is 13.8. The Morgan fingerprint density at radius 3 is 2.11 bits per heavy atom. The van der Waals surface area contributed by atoms with Gasteiger partial charge in [0.1, 0.15) is 0 Å². The number of hydrogen-bond acceptors (Lipinski definition) is 1. The number of rotatable bonds is 5. The Morgan fingerprint density at radius 2 is 1.72 bits per heavy atom. The molecule has 0 aliphatic heterocycles. The zero-order valence-corrected chi connectivity index (χ0v) is 11.1. The van der Waals surface area contributed by atoms with Gasteiger partial charge in [-0.3, -0.25) is 0 Å². The third-order valence-electron chi connectivity index (χ3n) is 2.53. The minimum absolute atomic E-state index is 0.0726. The van der Waals surface area contributed by atoms with Crippen molar-refractivity contribution in [1.82, 2.24) is 0 Å². The van der Waals surface area contributed by atoms with E-state index in [2.05, 4.69) is 19.2 Å². The largest absolute Gasteiger partial charge is 0.416 e. The van der Waals surface area contributed by atoms with Crippen LogP contribution in [0.4, 0.5) is 18.9 Å². The van der Waals surface area contributed by atoms with Crippen molar-refractivity contribution >= 4 is 17.3 Å². The van der Waals surface area contributed by atoms with Gasteiger partial charge in [-0.05, 0) is 36.6 Å². The Morgan fingerprint density at radius 1 is 1.17 bits per heavy atom. The molecule has 1 aromatic carbocycles. The molecule has 0 bridgehead atoms. The van der Waals surface area contributed by atoms with Crippen LogP contribution in [0.1, 0.15) is 25.8 Å². The lowest BCUT2D eigenvalue weighted by molar-refractivity contribution is -0.137. The molecule has 1 aromatic rings. The van der Waals surface area contributed by atoms with E-state index in [1.165, 1.54) is 12.1 Å². The van der Waals surface area contributed by atoms with Crippen molar-refractivity contribution in [3.05, 3.63) is 29.8 Å². The van der Waals surface area contributed by atoms with Crippen LogP contribution in [-0.4, -0.2) is 11.9 Å². The summed E-state index contributed by atoms with van der Waals surface area (Å²) in [6.07, 6.45) is -3.41. The molecular weight excluding hydrogens is 263 g/mol. The summed E-state index contributed by atoms with van der Waals surface area (Å²) in [7, 11) is 0. The summed E-state index contributed by atoms with van der Waals surface area (Å²) in [5, 5.41) is 3.14. The molecule has 0 aliphatic carbocycles. The van der Waals surface area contributed by atoms with Crippen molar-refractivity contribution in [2.45, 2.75) is 32.5 Å². The monoisotopic (exact) mass is 279 g/mol. The van der Waals surface area contributed by atoms with Crippen molar-refractivity contribution < 1.29 is 13.2 Å². The third kappa shape index (κ3) is 4.77. The molecule has 1 nitrogen and oxygen atoms in total. The number of halogens is 4. The third-order valence-corrected chi connectivity index (χ3v) is 2.90. The zero-order valence-electron chi connectivity index (χ0n) is 10.4. The smallest absolute Gasteiger partial charge is 0.381 e. The van der Waals surface area contributed by atoms with E-state index in [0.29, 0.717) is 17.5 Å². The fraction of sp³-hybridized carbons (Fsp3) is 0.538. The van der Waals surface area contributed by atoms with E-state index in [9.17, 15) is 13.2 Å². The highest BCUT2D eigenvalue weighted by Gasteiger charge is 2.29. The van der Waals surface area contributed by atoms with Gasteiger partial charge >= 0.3 is 6.18 Å². The van der Waals surface area contributed by atoms with Crippen molar-refractivity contribution in [2.75, 3.05) is 11.2 Å². The second kappa shape index (κ2) is 6.32. The predicted molar refractivity (Wildman–Crippen MR) is 69.0 cm³/mol. The molecule has 1 rings (SSSR count). The molecule has 0 saturated heterocycles. The predicted octanol–water partition coefficient (Wildman–Crippen LogP) is 4.77. The Bertz CT molecular complexity index is 359. The lowest BCUT2D eigenvalue weighted by Gasteiger charge is -2.19. The Hall–Kier alpha value is -0.900. The first-order valence-electron chi connectivity index (χ1n) is 5.82. The van der Waals surface area contributed by atoms with E-state index < -0.39 is 11.7 Å². The fourth-order valence-corrected chi connectivity index (χ4v) is 1.92. The molecule has 0 saturated carbocycles. The second-order valence-electron chi connectivity index (χ2n) is 4.70. The SMILES string of the molecule is CC(C)CC(CCl)Nc1ccc(C(F)(F)F)cc1. The van der Waals surface area contributed by atoms with Crippen LogP contribution < -0.4 is 5.32 Å². The molecule has 0 radical (unpaired) electrons. The summed E-state index contributed by atoms with van der Waals surface area (Å²) >= 11 is 5.82. The van der Waals surface area contributed by atoms with Gasteiger partial charge in [-0.2, -0.15) is 13.2 Å². The molecule has 0 heterocycles. The Labute approximate surface area is 110 Å². The van der Waals surface area contributed by atoms with Gasteiger partial charge in [0.2, 0.25) is 0 Å². The van der Waals surface area contributed by atoms with Gasteiger partial charge in [-0.1, -0.05) is 13.8 Å². The number of nitrogens with one attached hydrogen (secondary N) is 1. The van der Waals surface area contributed by atoms with Gasteiger partial charge in [0.05, 0.1) is 5.56 Å². The van der Waals surface area contributed by atoms with Gasteiger partial charge in [-0.25, -0.2) is 0 Å². The van der Waals surface area contributed by atoms with Gasteiger partial charge in [0, 0.05) is 17.6 Å².